The molecule has 3 nitrogen and oxygen atoms in total. The van der Waals surface area contributed by atoms with Gasteiger partial charge in [0.25, 0.3) is 0 Å². The zero-order valence-corrected chi connectivity index (χ0v) is 10.8. The van der Waals surface area contributed by atoms with Crippen LogP contribution in [0.25, 0.3) is 0 Å². The summed E-state index contributed by atoms with van der Waals surface area (Å²) in [7, 11) is 0. The first-order valence-electron chi connectivity index (χ1n) is 5.87. The van der Waals surface area contributed by atoms with Crippen molar-refractivity contribution in [1.82, 2.24) is 5.32 Å². The van der Waals surface area contributed by atoms with E-state index in [9.17, 15) is 4.79 Å². The lowest BCUT2D eigenvalue weighted by Crippen LogP contribution is -2.18. The van der Waals surface area contributed by atoms with Crippen LogP contribution >= 0.6 is 11.6 Å². The fourth-order valence-electron chi connectivity index (χ4n) is 1.33. The van der Waals surface area contributed by atoms with Crippen molar-refractivity contribution in [2.75, 3.05) is 19.7 Å². The standard InChI is InChI=1S/C13H18ClNO2/c1-2-8-15-9-3-10-17-13(16)11-4-6-12(14)7-5-11/h4-7,15H,2-3,8-10H2,1H3. The second-order valence-corrected chi connectivity index (χ2v) is 4.18. The maximum absolute atomic E-state index is 11.6. The van der Waals surface area contributed by atoms with Gasteiger partial charge in [-0.1, -0.05) is 18.5 Å². The summed E-state index contributed by atoms with van der Waals surface area (Å²) in [5.41, 5.74) is 0.538. The van der Waals surface area contributed by atoms with Crippen molar-refractivity contribution in [3.05, 3.63) is 34.9 Å². The Morgan fingerprint density at radius 3 is 2.65 bits per heavy atom. The summed E-state index contributed by atoms with van der Waals surface area (Å²) in [5, 5.41) is 3.86. The predicted octanol–water partition coefficient (Wildman–Crippen LogP) is 2.89. The minimum absolute atomic E-state index is 0.294. The third kappa shape index (κ3) is 5.71. The number of halogens is 1. The molecule has 0 aliphatic rings. The Bertz CT molecular complexity index is 338. The number of rotatable bonds is 7. The molecule has 1 aromatic carbocycles. The van der Waals surface area contributed by atoms with Crippen molar-refractivity contribution in [2.45, 2.75) is 19.8 Å². The predicted molar refractivity (Wildman–Crippen MR) is 69.5 cm³/mol. The Morgan fingerprint density at radius 1 is 1.29 bits per heavy atom. The first-order chi connectivity index (χ1) is 8.24. The van der Waals surface area contributed by atoms with Gasteiger partial charge in [0.15, 0.2) is 0 Å². The van der Waals surface area contributed by atoms with E-state index in [0.29, 0.717) is 17.2 Å². The number of ether oxygens (including phenoxy) is 1. The van der Waals surface area contributed by atoms with E-state index in [1.807, 2.05) is 0 Å². The second kappa shape index (κ2) is 8.09. The second-order valence-electron chi connectivity index (χ2n) is 3.75. The van der Waals surface area contributed by atoms with Crippen LogP contribution < -0.4 is 5.32 Å². The number of hydrogen-bond acceptors (Lipinski definition) is 3. The summed E-state index contributed by atoms with van der Waals surface area (Å²) in [6.07, 6.45) is 1.95. The van der Waals surface area contributed by atoms with E-state index in [0.717, 1.165) is 25.9 Å². The highest BCUT2D eigenvalue weighted by atomic mass is 35.5. The van der Waals surface area contributed by atoms with Gasteiger partial charge in [-0.3, -0.25) is 0 Å². The van der Waals surface area contributed by atoms with E-state index in [1.165, 1.54) is 0 Å². The molecule has 1 N–H and O–H groups in total. The summed E-state index contributed by atoms with van der Waals surface area (Å²) in [6.45, 7) is 4.44. The van der Waals surface area contributed by atoms with Crippen molar-refractivity contribution < 1.29 is 9.53 Å². The average Bonchev–Trinajstić information content (AvgIpc) is 2.34. The molecule has 0 aliphatic carbocycles. The third-order valence-electron chi connectivity index (χ3n) is 2.24. The summed E-state index contributed by atoms with van der Waals surface area (Å²) >= 11 is 5.73. The van der Waals surface area contributed by atoms with E-state index < -0.39 is 0 Å². The molecule has 0 saturated carbocycles. The molecule has 17 heavy (non-hydrogen) atoms. The molecule has 0 aliphatic heterocycles. The molecule has 0 heterocycles. The van der Waals surface area contributed by atoms with Crippen LogP contribution in [0.3, 0.4) is 0 Å². The SMILES string of the molecule is CCCNCCCOC(=O)c1ccc(Cl)cc1. The molecule has 0 radical (unpaired) electrons. The molecular weight excluding hydrogens is 238 g/mol. The third-order valence-corrected chi connectivity index (χ3v) is 2.49. The summed E-state index contributed by atoms with van der Waals surface area (Å²) < 4.78 is 5.13. The van der Waals surface area contributed by atoms with Crippen LogP contribution in [-0.2, 0) is 4.74 Å². The van der Waals surface area contributed by atoms with Gasteiger partial charge in [-0.05, 0) is 50.2 Å². The Labute approximate surface area is 107 Å². The zero-order chi connectivity index (χ0) is 12.5. The van der Waals surface area contributed by atoms with E-state index in [2.05, 4.69) is 12.2 Å². The topological polar surface area (TPSA) is 38.3 Å². The van der Waals surface area contributed by atoms with Crippen molar-refractivity contribution >= 4 is 17.6 Å². The molecule has 0 aromatic heterocycles. The van der Waals surface area contributed by atoms with Crippen LogP contribution in [0.2, 0.25) is 5.02 Å². The Hall–Kier alpha value is -1.06. The van der Waals surface area contributed by atoms with E-state index in [1.54, 1.807) is 24.3 Å². The Balaban J connectivity index is 2.19. The number of carbonyl (C=O) groups is 1. The van der Waals surface area contributed by atoms with E-state index in [4.69, 9.17) is 16.3 Å². The van der Waals surface area contributed by atoms with Gasteiger partial charge in [-0.2, -0.15) is 0 Å². The molecule has 0 amide bonds. The van der Waals surface area contributed by atoms with E-state index in [-0.39, 0.29) is 5.97 Å². The van der Waals surface area contributed by atoms with Crippen LogP contribution in [0.15, 0.2) is 24.3 Å². The molecule has 0 fully saturated rings. The lowest BCUT2D eigenvalue weighted by molar-refractivity contribution is 0.0501. The normalized spacial score (nSPS) is 10.2. The fraction of sp³-hybridized carbons (Fsp3) is 0.462. The van der Waals surface area contributed by atoms with Crippen molar-refractivity contribution in [1.29, 1.82) is 0 Å². The lowest BCUT2D eigenvalue weighted by atomic mass is 10.2. The largest absolute Gasteiger partial charge is 0.462 e. The van der Waals surface area contributed by atoms with Crippen LogP contribution in [0.4, 0.5) is 0 Å². The number of benzene rings is 1. The van der Waals surface area contributed by atoms with Crippen LogP contribution in [0.5, 0.6) is 0 Å². The molecule has 94 valence electrons. The van der Waals surface area contributed by atoms with Crippen molar-refractivity contribution in [3.8, 4) is 0 Å². The molecule has 4 heteroatoms. The zero-order valence-electron chi connectivity index (χ0n) is 10.0. The van der Waals surface area contributed by atoms with Gasteiger partial charge in [0, 0.05) is 5.02 Å². The smallest absolute Gasteiger partial charge is 0.338 e. The van der Waals surface area contributed by atoms with Gasteiger partial charge in [0.05, 0.1) is 12.2 Å². The average molecular weight is 256 g/mol. The van der Waals surface area contributed by atoms with Crippen molar-refractivity contribution in [2.24, 2.45) is 0 Å². The summed E-state index contributed by atoms with van der Waals surface area (Å²) in [4.78, 5) is 11.6. The summed E-state index contributed by atoms with van der Waals surface area (Å²) in [6, 6.07) is 6.70. The molecule has 0 unspecified atom stereocenters. The first kappa shape index (κ1) is 14.0. The molecule has 1 rings (SSSR count). The minimum atomic E-state index is -0.294. The minimum Gasteiger partial charge on any atom is -0.462 e. The molecule has 1 aromatic rings. The fourth-order valence-corrected chi connectivity index (χ4v) is 1.46. The summed E-state index contributed by atoms with van der Waals surface area (Å²) in [5.74, 6) is -0.294. The van der Waals surface area contributed by atoms with Gasteiger partial charge >= 0.3 is 5.97 Å². The monoisotopic (exact) mass is 255 g/mol. The highest BCUT2D eigenvalue weighted by Crippen LogP contribution is 2.10. The van der Waals surface area contributed by atoms with Gasteiger partial charge in [0.1, 0.15) is 0 Å². The van der Waals surface area contributed by atoms with Crippen LogP contribution in [0.1, 0.15) is 30.1 Å². The Morgan fingerprint density at radius 2 is 2.00 bits per heavy atom. The lowest BCUT2D eigenvalue weighted by Gasteiger charge is -2.05. The first-order valence-corrected chi connectivity index (χ1v) is 6.25. The highest BCUT2D eigenvalue weighted by molar-refractivity contribution is 6.30. The maximum Gasteiger partial charge on any atom is 0.338 e. The molecule has 0 atom stereocenters. The molecular formula is C13H18ClNO2. The number of nitrogens with one attached hydrogen (secondary N) is 1. The van der Waals surface area contributed by atoms with Crippen LogP contribution in [0, 0.1) is 0 Å². The number of hydrogen-bond donors (Lipinski definition) is 1. The van der Waals surface area contributed by atoms with Gasteiger partial charge in [0.2, 0.25) is 0 Å². The number of esters is 1. The molecule has 0 bridgehead atoms. The number of carbonyl (C=O) groups excluding carboxylic acids is 1. The molecule has 0 saturated heterocycles. The van der Waals surface area contributed by atoms with Gasteiger partial charge < -0.3 is 10.1 Å². The highest BCUT2D eigenvalue weighted by Gasteiger charge is 2.05. The van der Waals surface area contributed by atoms with Crippen LogP contribution in [-0.4, -0.2) is 25.7 Å². The van der Waals surface area contributed by atoms with E-state index >= 15 is 0 Å². The quantitative estimate of drug-likeness (QED) is 0.601. The van der Waals surface area contributed by atoms with Gasteiger partial charge in [-0.25, -0.2) is 4.79 Å². The maximum atomic E-state index is 11.6. The Kier molecular flexibility index (Phi) is 6.67. The molecule has 0 spiro atoms. The van der Waals surface area contributed by atoms with Crippen molar-refractivity contribution in [3.63, 3.8) is 0 Å². The van der Waals surface area contributed by atoms with Gasteiger partial charge in [-0.15, -0.1) is 0 Å².